The van der Waals surface area contributed by atoms with Gasteiger partial charge in [0.25, 0.3) is 0 Å². The van der Waals surface area contributed by atoms with Gasteiger partial charge in [0.15, 0.2) is 0 Å². The molecular formula is C54H36N2. The lowest BCUT2D eigenvalue weighted by molar-refractivity contribution is 1.16. The van der Waals surface area contributed by atoms with Crippen LogP contribution in [-0.4, -0.2) is 9.55 Å². The van der Waals surface area contributed by atoms with Gasteiger partial charge in [-0.3, -0.25) is 0 Å². The minimum Gasteiger partial charge on any atom is -0.309 e. The fourth-order valence-electron chi connectivity index (χ4n) is 8.64. The van der Waals surface area contributed by atoms with Gasteiger partial charge >= 0.3 is 0 Å². The molecule has 11 rings (SSSR count). The minimum atomic E-state index is 0.942. The van der Waals surface area contributed by atoms with E-state index in [0.717, 1.165) is 33.7 Å². The molecule has 0 spiro atoms. The van der Waals surface area contributed by atoms with Crippen molar-refractivity contribution >= 4 is 54.1 Å². The topological polar surface area (TPSA) is 17.8 Å². The van der Waals surface area contributed by atoms with Crippen molar-refractivity contribution in [3.63, 3.8) is 0 Å². The van der Waals surface area contributed by atoms with E-state index in [-0.39, 0.29) is 0 Å². The molecule has 0 aliphatic carbocycles. The second-order valence-electron chi connectivity index (χ2n) is 14.8. The number of benzene rings is 9. The lowest BCUT2D eigenvalue weighted by atomic mass is 9.91. The van der Waals surface area contributed by atoms with Gasteiger partial charge in [0.2, 0.25) is 0 Å². The summed E-state index contributed by atoms with van der Waals surface area (Å²) >= 11 is 0. The summed E-state index contributed by atoms with van der Waals surface area (Å²) in [6.07, 6.45) is 0. The van der Waals surface area contributed by atoms with Crippen LogP contribution >= 0.6 is 0 Å². The highest BCUT2D eigenvalue weighted by atomic mass is 15.0. The van der Waals surface area contributed by atoms with Crippen molar-refractivity contribution in [2.45, 2.75) is 6.92 Å². The van der Waals surface area contributed by atoms with Crippen LogP contribution in [0.5, 0.6) is 0 Å². The molecule has 0 saturated carbocycles. The van der Waals surface area contributed by atoms with Crippen molar-refractivity contribution in [1.29, 1.82) is 0 Å². The van der Waals surface area contributed by atoms with Crippen LogP contribution in [0.25, 0.3) is 105 Å². The third kappa shape index (κ3) is 5.30. The summed E-state index contributed by atoms with van der Waals surface area (Å²) in [5.74, 6) is 0. The standard InChI is InChI=1S/C54H36N2/c1-35-21-23-37(24-22-35)40-25-27-45-43-19-11-12-20-44(43)47-33-50-49-30-41(36-13-5-2-6-14-36)26-28-53(49)56(54(50)34-48(47)46(45)29-40)42-31-51(38-15-7-3-8-16-38)55-52(32-42)39-17-9-4-10-18-39/h2-34H,1H3. The molecule has 2 heteroatoms. The Morgan fingerprint density at radius 1 is 0.304 bits per heavy atom. The highest BCUT2D eigenvalue weighted by Crippen LogP contribution is 2.43. The highest BCUT2D eigenvalue weighted by Gasteiger charge is 2.19. The Morgan fingerprint density at radius 2 is 0.750 bits per heavy atom. The number of hydrogen-bond acceptors (Lipinski definition) is 1. The number of rotatable bonds is 5. The van der Waals surface area contributed by atoms with Crippen molar-refractivity contribution in [2.75, 3.05) is 0 Å². The number of aryl methyl sites for hydroxylation is 1. The molecule has 0 N–H and O–H groups in total. The van der Waals surface area contributed by atoms with E-state index >= 15 is 0 Å². The van der Waals surface area contributed by atoms with Crippen LogP contribution < -0.4 is 0 Å². The molecule has 2 heterocycles. The Balaban J connectivity index is 1.28. The highest BCUT2D eigenvalue weighted by molar-refractivity contribution is 6.29. The first-order chi connectivity index (χ1) is 27.7. The van der Waals surface area contributed by atoms with Crippen molar-refractivity contribution in [3.05, 3.63) is 206 Å². The van der Waals surface area contributed by atoms with Gasteiger partial charge < -0.3 is 4.57 Å². The van der Waals surface area contributed by atoms with Gasteiger partial charge in [-0.1, -0.05) is 163 Å². The number of fused-ring (bicyclic) bond motifs is 9. The zero-order valence-corrected chi connectivity index (χ0v) is 30.9. The summed E-state index contributed by atoms with van der Waals surface area (Å²) in [6.45, 7) is 2.14. The number of aromatic nitrogens is 2. The molecule has 11 aromatic rings. The van der Waals surface area contributed by atoms with E-state index in [9.17, 15) is 0 Å². The average Bonchev–Trinajstić information content (AvgIpc) is 3.59. The van der Waals surface area contributed by atoms with Crippen LogP contribution in [0.1, 0.15) is 5.56 Å². The third-order valence-corrected chi connectivity index (χ3v) is 11.4. The van der Waals surface area contributed by atoms with Gasteiger partial charge in [0.1, 0.15) is 0 Å². The smallest absolute Gasteiger partial charge is 0.0730 e. The van der Waals surface area contributed by atoms with E-state index in [2.05, 4.69) is 212 Å². The van der Waals surface area contributed by atoms with E-state index in [1.54, 1.807) is 0 Å². The maximum atomic E-state index is 5.25. The van der Waals surface area contributed by atoms with Gasteiger partial charge in [-0.15, -0.1) is 0 Å². The fraction of sp³-hybridized carbons (Fsp3) is 0.0185. The Bertz CT molecular complexity index is 3210. The van der Waals surface area contributed by atoms with Gasteiger partial charge in [-0.25, -0.2) is 4.98 Å². The molecule has 0 fully saturated rings. The van der Waals surface area contributed by atoms with E-state index in [1.165, 1.54) is 76.4 Å². The average molecular weight is 713 g/mol. The summed E-state index contributed by atoms with van der Waals surface area (Å²) in [5.41, 5.74) is 13.6. The maximum Gasteiger partial charge on any atom is 0.0730 e. The largest absolute Gasteiger partial charge is 0.309 e. The monoisotopic (exact) mass is 712 g/mol. The molecule has 2 aromatic heterocycles. The predicted octanol–water partition coefficient (Wildman–Crippen LogP) is 14.6. The number of hydrogen-bond donors (Lipinski definition) is 0. The molecule has 0 saturated heterocycles. The maximum absolute atomic E-state index is 5.25. The number of pyridine rings is 1. The molecule has 0 atom stereocenters. The van der Waals surface area contributed by atoms with Gasteiger partial charge in [0.05, 0.1) is 28.1 Å². The Kier molecular flexibility index (Phi) is 7.43. The lowest BCUT2D eigenvalue weighted by Gasteiger charge is -2.15. The van der Waals surface area contributed by atoms with E-state index < -0.39 is 0 Å². The molecule has 0 bridgehead atoms. The molecule has 0 aliphatic heterocycles. The van der Waals surface area contributed by atoms with Crippen LogP contribution in [0, 0.1) is 6.92 Å². The van der Waals surface area contributed by atoms with E-state index in [4.69, 9.17) is 4.98 Å². The molecule has 0 aliphatic rings. The third-order valence-electron chi connectivity index (χ3n) is 11.4. The Labute approximate surface area is 325 Å². The second-order valence-corrected chi connectivity index (χ2v) is 14.8. The number of nitrogens with zero attached hydrogens (tertiary/aromatic N) is 2. The molecular weight excluding hydrogens is 677 g/mol. The second kappa shape index (κ2) is 12.9. The Morgan fingerprint density at radius 3 is 1.39 bits per heavy atom. The zero-order valence-electron chi connectivity index (χ0n) is 30.9. The van der Waals surface area contributed by atoms with Crippen LogP contribution in [-0.2, 0) is 0 Å². The minimum absolute atomic E-state index is 0.942. The summed E-state index contributed by atoms with van der Waals surface area (Å²) in [6, 6.07) is 72.9. The first kappa shape index (κ1) is 32.2. The predicted molar refractivity (Wildman–Crippen MR) is 238 cm³/mol. The Hall–Kier alpha value is -7.29. The van der Waals surface area contributed by atoms with Crippen molar-refractivity contribution in [3.8, 4) is 50.5 Å². The van der Waals surface area contributed by atoms with Crippen LogP contribution in [0.2, 0.25) is 0 Å². The first-order valence-electron chi connectivity index (χ1n) is 19.3. The molecule has 0 radical (unpaired) electrons. The van der Waals surface area contributed by atoms with Crippen LogP contribution in [0.4, 0.5) is 0 Å². The van der Waals surface area contributed by atoms with Crippen LogP contribution in [0.3, 0.4) is 0 Å². The SMILES string of the molecule is Cc1ccc(-c2ccc3c4ccccc4c4cc5c6cc(-c7ccccc7)ccc6n(-c6cc(-c7ccccc7)nc(-c7ccccc7)c6)c5cc4c3c2)cc1. The fourth-order valence-corrected chi connectivity index (χ4v) is 8.64. The lowest BCUT2D eigenvalue weighted by Crippen LogP contribution is -1.98. The van der Waals surface area contributed by atoms with Gasteiger partial charge in [0, 0.05) is 21.9 Å². The molecule has 9 aromatic carbocycles. The molecule has 2 nitrogen and oxygen atoms in total. The molecule has 56 heavy (non-hydrogen) atoms. The van der Waals surface area contributed by atoms with Crippen LogP contribution in [0.15, 0.2) is 200 Å². The quantitative estimate of drug-likeness (QED) is 0.162. The summed E-state index contributed by atoms with van der Waals surface area (Å²) in [7, 11) is 0. The van der Waals surface area contributed by atoms with E-state index in [0.29, 0.717) is 0 Å². The van der Waals surface area contributed by atoms with Crippen molar-refractivity contribution in [2.24, 2.45) is 0 Å². The van der Waals surface area contributed by atoms with E-state index in [1.807, 2.05) is 0 Å². The van der Waals surface area contributed by atoms with Crippen molar-refractivity contribution < 1.29 is 0 Å². The van der Waals surface area contributed by atoms with Crippen molar-refractivity contribution in [1.82, 2.24) is 9.55 Å². The van der Waals surface area contributed by atoms with Gasteiger partial charge in [-0.2, -0.15) is 0 Å². The summed E-state index contributed by atoms with van der Waals surface area (Å²) < 4.78 is 2.46. The van der Waals surface area contributed by atoms with Gasteiger partial charge in [-0.05, 0) is 104 Å². The zero-order chi connectivity index (χ0) is 37.2. The summed E-state index contributed by atoms with van der Waals surface area (Å²) in [5, 5.41) is 10.0. The molecule has 262 valence electrons. The normalized spacial score (nSPS) is 11.7. The first-order valence-corrected chi connectivity index (χ1v) is 19.3. The molecule has 0 unspecified atom stereocenters. The summed E-state index contributed by atoms with van der Waals surface area (Å²) in [4.78, 5) is 5.25. The molecule has 0 amide bonds.